The van der Waals surface area contributed by atoms with E-state index in [4.69, 9.17) is 5.11 Å². The van der Waals surface area contributed by atoms with Gasteiger partial charge in [-0.25, -0.2) is 9.78 Å². The topological polar surface area (TPSA) is 67.3 Å². The molecule has 0 radical (unpaired) electrons. The van der Waals surface area contributed by atoms with Crippen molar-refractivity contribution < 1.29 is 14.7 Å². The molecule has 2 aromatic heterocycles. The number of pyridine rings is 1. The predicted octanol–water partition coefficient (Wildman–Crippen LogP) is 2.35. The molecule has 5 heteroatoms. The number of Topliss-reactive ketones (excluding diaryl/α,β-unsaturated/α-hetero) is 1. The van der Waals surface area contributed by atoms with E-state index in [0.717, 1.165) is 10.2 Å². The number of nitrogens with zero attached hydrogens (tertiary/aromatic N) is 1. The quantitative estimate of drug-likeness (QED) is 0.513. The molecule has 2 rings (SSSR count). The van der Waals surface area contributed by atoms with Gasteiger partial charge in [0.15, 0.2) is 5.78 Å². The largest absolute Gasteiger partial charge is 0.478 e. The highest BCUT2D eigenvalue weighted by molar-refractivity contribution is 7.17. The molecule has 1 N–H and O–H groups in total. The van der Waals surface area contributed by atoms with Gasteiger partial charge >= 0.3 is 5.97 Å². The zero-order valence-electron chi connectivity index (χ0n) is 9.01. The first kappa shape index (κ1) is 11.5. The lowest BCUT2D eigenvalue weighted by Gasteiger charge is -1.96. The Labute approximate surface area is 101 Å². The van der Waals surface area contributed by atoms with Crippen LogP contribution in [0.3, 0.4) is 0 Å². The van der Waals surface area contributed by atoms with Crippen molar-refractivity contribution in [2.45, 2.75) is 6.92 Å². The molecule has 86 valence electrons. The number of aromatic nitrogens is 1. The third-order valence-electron chi connectivity index (χ3n) is 2.29. The normalized spacial score (nSPS) is 11.7. The average Bonchev–Trinajstić information content (AvgIpc) is 2.68. The van der Waals surface area contributed by atoms with E-state index < -0.39 is 11.8 Å². The number of thiophene rings is 1. The Morgan fingerprint density at radius 3 is 2.88 bits per heavy atom. The molecule has 0 fully saturated rings. The van der Waals surface area contributed by atoms with Crippen LogP contribution in [0.1, 0.15) is 12.5 Å². The highest BCUT2D eigenvalue weighted by Gasteiger charge is 2.13. The highest BCUT2D eigenvalue weighted by atomic mass is 32.1. The van der Waals surface area contributed by atoms with E-state index >= 15 is 0 Å². The Balaban J connectivity index is 2.57. The van der Waals surface area contributed by atoms with Crippen LogP contribution in [0.25, 0.3) is 16.3 Å². The number of fused-ring (bicyclic) bond motifs is 1. The van der Waals surface area contributed by atoms with Crippen molar-refractivity contribution in [2.24, 2.45) is 0 Å². The second-order valence-corrected chi connectivity index (χ2v) is 4.32. The van der Waals surface area contributed by atoms with E-state index in [-0.39, 0.29) is 5.57 Å². The molecule has 4 nitrogen and oxygen atoms in total. The summed E-state index contributed by atoms with van der Waals surface area (Å²) >= 11 is 1.42. The smallest absolute Gasteiger partial charge is 0.339 e. The second kappa shape index (κ2) is 4.47. The third kappa shape index (κ3) is 2.24. The zero-order chi connectivity index (χ0) is 12.4. The number of carbonyl (C=O) groups excluding carboxylic acids is 1. The number of hydrogen-bond acceptors (Lipinski definition) is 4. The van der Waals surface area contributed by atoms with E-state index in [1.54, 1.807) is 17.6 Å². The fraction of sp³-hybridized carbons (Fsp3) is 0.0833. The van der Waals surface area contributed by atoms with Crippen LogP contribution in [-0.4, -0.2) is 21.8 Å². The molecule has 0 atom stereocenters. The number of rotatable bonds is 3. The number of carboxylic acids is 1. The molecule has 0 bridgehead atoms. The molecule has 0 amide bonds. The van der Waals surface area contributed by atoms with Crippen LogP contribution >= 0.6 is 11.3 Å². The molecule has 0 aliphatic carbocycles. The van der Waals surface area contributed by atoms with Crippen LogP contribution in [0.5, 0.6) is 0 Å². The van der Waals surface area contributed by atoms with Gasteiger partial charge in [-0.3, -0.25) is 4.79 Å². The molecule has 0 aliphatic rings. The van der Waals surface area contributed by atoms with Gasteiger partial charge in [-0.1, -0.05) is 0 Å². The zero-order valence-corrected chi connectivity index (χ0v) is 9.82. The lowest BCUT2D eigenvalue weighted by Crippen LogP contribution is -2.08. The summed E-state index contributed by atoms with van der Waals surface area (Å²) in [5.41, 5.74) is 0.499. The van der Waals surface area contributed by atoms with Crippen LogP contribution in [0.4, 0.5) is 0 Å². The molecule has 0 saturated carbocycles. The molecule has 0 saturated heterocycles. The molecule has 17 heavy (non-hydrogen) atoms. The van der Waals surface area contributed by atoms with Crippen molar-refractivity contribution in [2.75, 3.05) is 0 Å². The maximum absolute atomic E-state index is 11.2. The molecule has 0 spiro atoms. The summed E-state index contributed by atoms with van der Waals surface area (Å²) in [6.07, 6.45) is 3.07. The van der Waals surface area contributed by atoms with Crippen LogP contribution in [0.15, 0.2) is 29.3 Å². The fourth-order valence-corrected chi connectivity index (χ4v) is 2.34. The molecular formula is C12H9NO3S. The fourth-order valence-electron chi connectivity index (χ4n) is 1.47. The van der Waals surface area contributed by atoms with Gasteiger partial charge in [0.2, 0.25) is 0 Å². The first-order valence-corrected chi connectivity index (χ1v) is 5.75. The van der Waals surface area contributed by atoms with Crippen molar-refractivity contribution >= 4 is 39.4 Å². The maximum atomic E-state index is 11.2. The highest BCUT2D eigenvalue weighted by Crippen LogP contribution is 2.25. The predicted molar refractivity (Wildman–Crippen MR) is 65.9 cm³/mol. The SMILES string of the molecule is CC(=O)/C(=C/c1csc2ncccc12)C(=O)O. The summed E-state index contributed by atoms with van der Waals surface area (Å²) in [4.78, 5) is 27.1. The minimum absolute atomic E-state index is 0.214. The van der Waals surface area contributed by atoms with Gasteiger partial charge in [0.1, 0.15) is 10.4 Å². The molecule has 0 aromatic carbocycles. The monoisotopic (exact) mass is 247 g/mol. The lowest BCUT2D eigenvalue weighted by atomic mass is 10.1. The third-order valence-corrected chi connectivity index (χ3v) is 3.21. The summed E-state index contributed by atoms with van der Waals surface area (Å²) in [7, 11) is 0. The van der Waals surface area contributed by atoms with Crippen molar-refractivity contribution in [3.63, 3.8) is 0 Å². The van der Waals surface area contributed by atoms with E-state index in [2.05, 4.69) is 4.98 Å². The number of carboxylic acid groups (broad SMARTS) is 1. The number of ketones is 1. The Morgan fingerprint density at radius 2 is 2.24 bits per heavy atom. The average molecular weight is 247 g/mol. The van der Waals surface area contributed by atoms with Crippen molar-refractivity contribution in [1.29, 1.82) is 0 Å². The summed E-state index contributed by atoms with van der Waals surface area (Å²) in [5.74, 6) is -1.67. The van der Waals surface area contributed by atoms with Gasteiger partial charge in [0.05, 0.1) is 0 Å². The molecular weight excluding hydrogens is 238 g/mol. The number of hydrogen-bond donors (Lipinski definition) is 1. The second-order valence-electron chi connectivity index (χ2n) is 3.47. The van der Waals surface area contributed by atoms with Crippen molar-refractivity contribution in [1.82, 2.24) is 4.98 Å². The van der Waals surface area contributed by atoms with Gasteiger partial charge in [-0.15, -0.1) is 11.3 Å². The van der Waals surface area contributed by atoms with Gasteiger partial charge in [0.25, 0.3) is 0 Å². The van der Waals surface area contributed by atoms with E-state index in [0.29, 0.717) is 5.56 Å². The molecule has 0 aliphatic heterocycles. The van der Waals surface area contributed by atoms with Crippen LogP contribution < -0.4 is 0 Å². The Morgan fingerprint density at radius 1 is 1.47 bits per heavy atom. The van der Waals surface area contributed by atoms with Crippen LogP contribution in [-0.2, 0) is 9.59 Å². The Bertz CT molecular complexity index is 611. The molecule has 2 heterocycles. The maximum Gasteiger partial charge on any atom is 0.339 e. The van der Waals surface area contributed by atoms with Gasteiger partial charge in [-0.05, 0) is 30.7 Å². The number of aliphatic carboxylic acids is 1. The van der Waals surface area contributed by atoms with E-state index in [1.165, 1.54) is 24.3 Å². The Kier molecular flexibility index (Phi) is 3.01. The summed E-state index contributed by atoms with van der Waals surface area (Å²) in [6.45, 7) is 1.24. The lowest BCUT2D eigenvalue weighted by molar-refractivity contribution is -0.134. The van der Waals surface area contributed by atoms with E-state index in [9.17, 15) is 9.59 Å². The number of carbonyl (C=O) groups is 2. The van der Waals surface area contributed by atoms with E-state index in [1.807, 2.05) is 6.07 Å². The van der Waals surface area contributed by atoms with Crippen molar-refractivity contribution in [3.8, 4) is 0 Å². The Hall–Kier alpha value is -2.01. The standard InChI is InChI=1S/C12H9NO3S/c1-7(14)10(12(15)16)5-8-6-17-11-9(8)3-2-4-13-11/h2-6H,1H3,(H,15,16)/b10-5-. The van der Waals surface area contributed by atoms with Crippen LogP contribution in [0.2, 0.25) is 0 Å². The van der Waals surface area contributed by atoms with Crippen molar-refractivity contribution in [3.05, 3.63) is 34.8 Å². The van der Waals surface area contributed by atoms with Gasteiger partial charge in [-0.2, -0.15) is 0 Å². The van der Waals surface area contributed by atoms with Gasteiger partial charge < -0.3 is 5.11 Å². The minimum Gasteiger partial charge on any atom is -0.478 e. The molecule has 2 aromatic rings. The first-order valence-electron chi connectivity index (χ1n) is 4.87. The molecule has 0 unspecified atom stereocenters. The summed E-state index contributed by atoms with van der Waals surface area (Å²) < 4.78 is 0. The van der Waals surface area contributed by atoms with Crippen LogP contribution in [0, 0.1) is 0 Å². The van der Waals surface area contributed by atoms with Gasteiger partial charge in [0, 0.05) is 17.0 Å². The summed E-state index contributed by atoms with van der Waals surface area (Å²) in [5, 5.41) is 11.6. The first-order chi connectivity index (χ1) is 8.09. The minimum atomic E-state index is -1.21. The summed E-state index contributed by atoms with van der Waals surface area (Å²) in [6, 6.07) is 3.63.